The fourth-order valence-corrected chi connectivity index (χ4v) is 1.85. The molecular weight excluding hydrogens is 212 g/mol. The lowest BCUT2D eigenvalue weighted by molar-refractivity contribution is 0.000324. The van der Waals surface area contributed by atoms with E-state index in [-0.39, 0.29) is 6.10 Å². The third-order valence-corrected chi connectivity index (χ3v) is 2.89. The molecular formula is C12H15F2NO. The van der Waals surface area contributed by atoms with Gasteiger partial charge in [-0.3, -0.25) is 0 Å². The van der Waals surface area contributed by atoms with Gasteiger partial charge in [-0.25, -0.2) is 8.78 Å². The van der Waals surface area contributed by atoms with E-state index in [0.29, 0.717) is 24.8 Å². The van der Waals surface area contributed by atoms with Crippen LogP contribution in [0, 0.1) is 11.6 Å². The summed E-state index contributed by atoms with van der Waals surface area (Å²) in [6.45, 7) is 3.21. The van der Waals surface area contributed by atoms with Crippen molar-refractivity contribution >= 4 is 0 Å². The van der Waals surface area contributed by atoms with Gasteiger partial charge < -0.3 is 10.1 Å². The van der Waals surface area contributed by atoms with E-state index in [0.717, 1.165) is 12.5 Å². The third-order valence-electron chi connectivity index (χ3n) is 2.89. The Morgan fingerprint density at radius 1 is 1.44 bits per heavy atom. The summed E-state index contributed by atoms with van der Waals surface area (Å²) in [5.74, 6) is -1.10. The van der Waals surface area contributed by atoms with Gasteiger partial charge in [0.15, 0.2) is 0 Å². The topological polar surface area (TPSA) is 21.3 Å². The number of ether oxygens (including phenoxy) is 1. The van der Waals surface area contributed by atoms with Crippen molar-refractivity contribution in [3.8, 4) is 0 Å². The Morgan fingerprint density at radius 2 is 2.25 bits per heavy atom. The number of benzene rings is 1. The minimum Gasteiger partial charge on any atom is -0.370 e. The zero-order valence-electron chi connectivity index (χ0n) is 9.17. The lowest BCUT2D eigenvalue weighted by Crippen LogP contribution is -2.42. The summed E-state index contributed by atoms with van der Waals surface area (Å²) in [7, 11) is 0. The molecule has 1 aromatic carbocycles. The smallest absolute Gasteiger partial charge is 0.131 e. The molecule has 1 aliphatic heterocycles. The summed E-state index contributed by atoms with van der Waals surface area (Å²) in [6.07, 6.45) is 0.668. The van der Waals surface area contributed by atoms with Gasteiger partial charge in [0, 0.05) is 24.2 Å². The minimum atomic E-state index is -0.559. The maximum atomic E-state index is 13.5. The van der Waals surface area contributed by atoms with Crippen molar-refractivity contribution in [3.63, 3.8) is 0 Å². The predicted octanol–water partition coefficient (Wildman–Crippen LogP) is 2.40. The highest BCUT2D eigenvalue weighted by atomic mass is 19.1. The Balaban J connectivity index is 2.08. The molecule has 0 aromatic heterocycles. The van der Waals surface area contributed by atoms with Gasteiger partial charge in [-0.2, -0.15) is 0 Å². The average Bonchev–Trinajstić information content (AvgIpc) is 2.29. The van der Waals surface area contributed by atoms with Crippen LogP contribution in [0.5, 0.6) is 0 Å². The standard InChI is InChI=1S/C12H15F2NO/c1-2-9-7-16-12(6-15-9)10-4-3-8(13)5-11(10)14/h3-5,9,12,15H,2,6-7H2,1H3. The van der Waals surface area contributed by atoms with E-state index in [1.807, 2.05) is 0 Å². The first-order chi connectivity index (χ1) is 7.70. The Labute approximate surface area is 93.6 Å². The van der Waals surface area contributed by atoms with Crippen LogP contribution in [-0.2, 0) is 4.74 Å². The molecule has 1 aliphatic rings. The minimum absolute atomic E-state index is 0.316. The molecule has 2 nitrogen and oxygen atoms in total. The maximum Gasteiger partial charge on any atom is 0.131 e. The van der Waals surface area contributed by atoms with Crippen LogP contribution in [-0.4, -0.2) is 19.2 Å². The molecule has 0 bridgehead atoms. The van der Waals surface area contributed by atoms with Crippen LogP contribution in [0.3, 0.4) is 0 Å². The summed E-state index contributed by atoms with van der Waals surface area (Å²) in [6, 6.07) is 3.93. The largest absolute Gasteiger partial charge is 0.370 e. The monoisotopic (exact) mass is 227 g/mol. The van der Waals surface area contributed by atoms with E-state index < -0.39 is 11.6 Å². The van der Waals surface area contributed by atoms with Crippen LogP contribution in [0.15, 0.2) is 18.2 Å². The number of rotatable bonds is 2. The normalized spacial score (nSPS) is 25.7. The Morgan fingerprint density at radius 3 is 2.81 bits per heavy atom. The molecule has 0 radical (unpaired) electrons. The van der Waals surface area contributed by atoms with Crippen LogP contribution in [0.1, 0.15) is 25.0 Å². The molecule has 1 heterocycles. The van der Waals surface area contributed by atoms with Gasteiger partial charge in [0.2, 0.25) is 0 Å². The van der Waals surface area contributed by atoms with Crippen molar-refractivity contribution in [1.82, 2.24) is 5.32 Å². The number of halogens is 2. The molecule has 0 amide bonds. The molecule has 1 N–H and O–H groups in total. The molecule has 1 fully saturated rings. The first kappa shape index (κ1) is 11.5. The maximum absolute atomic E-state index is 13.5. The Bertz CT molecular complexity index is 362. The predicted molar refractivity (Wildman–Crippen MR) is 57.1 cm³/mol. The number of morpholine rings is 1. The van der Waals surface area contributed by atoms with Crippen LogP contribution in [0.4, 0.5) is 8.78 Å². The van der Waals surface area contributed by atoms with Crippen molar-refractivity contribution in [1.29, 1.82) is 0 Å². The lowest BCUT2D eigenvalue weighted by Gasteiger charge is -2.30. The highest BCUT2D eigenvalue weighted by Crippen LogP contribution is 2.23. The molecule has 2 atom stereocenters. The van der Waals surface area contributed by atoms with Gasteiger partial charge in [0.25, 0.3) is 0 Å². The number of hydrogen-bond acceptors (Lipinski definition) is 2. The van der Waals surface area contributed by atoms with E-state index in [2.05, 4.69) is 12.2 Å². The second-order valence-corrected chi connectivity index (χ2v) is 4.00. The quantitative estimate of drug-likeness (QED) is 0.837. The summed E-state index contributed by atoms with van der Waals surface area (Å²) in [4.78, 5) is 0. The highest BCUT2D eigenvalue weighted by Gasteiger charge is 2.23. The molecule has 4 heteroatoms. The molecule has 1 aromatic rings. The molecule has 0 aliphatic carbocycles. The number of nitrogens with one attached hydrogen (secondary N) is 1. The summed E-state index contributed by atoms with van der Waals surface area (Å²) < 4.78 is 31.8. The van der Waals surface area contributed by atoms with E-state index in [4.69, 9.17) is 4.74 Å². The van der Waals surface area contributed by atoms with Gasteiger partial charge in [-0.15, -0.1) is 0 Å². The summed E-state index contributed by atoms with van der Waals surface area (Å²) in [5, 5.41) is 3.27. The van der Waals surface area contributed by atoms with Crippen molar-refractivity contribution in [3.05, 3.63) is 35.4 Å². The molecule has 0 spiro atoms. The van der Waals surface area contributed by atoms with Gasteiger partial charge in [-0.05, 0) is 12.5 Å². The second kappa shape index (κ2) is 4.89. The first-order valence-corrected chi connectivity index (χ1v) is 5.50. The molecule has 16 heavy (non-hydrogen) atoms. The summed E-state index contributed by atoms with van der Waals surface area (Å²) in [5.41, 5.74) is 0.420. The van der Waals surface area contributed by atoms with Gasteiger partial charge in [0.1, 0.15) is 11.6 Å². The molecule has 1 saturated heterocycles. The summed E-state index contributed by atoms with van der Waals surface area (Å²) >= 11 is 0. The van der Waals surface area contributed by atoms with Gasteiger partial charge >= 0.3 is 0 Å². The van der Waals surface area contributed by atoms with E-state index in [1.54, 1.807) is 0 Å². The highest BCUT2D eigenvalue weighted by molar-refractivity contribution is 5.21. The lowest BCUT2D eigenvalue weighted by atomic mass is 10.1. The fourth-order valence-electron chi connectivity index (χ4n) is 1.85. The van der Waals surface area contributed by atoms with Crippen molar-refractivity contribution in [2.45, 2.75) is 25.5 Å². The first-order valence-electron chi connectivity index (χ1n) is 5.50. The van der Waals surface area contributed by atoms with E-state index >= 15 is 0 Å². The number of hydrogen-bond donors (Lipinski definition) is 1. The van der Waals surface area contributed by atoms with Crippen molar-refractivity contribution < 1.29 is 13.5 Å². The molecule has 0 saturated carbocycles. The average molecular weight is 227 g/mol. The van der Waals surface area contributed by atoms with Gasteiger partial charge in [0.05, 0.1) is 12.7 Å². The van der Waals surface area contributed by atoms with Gasteiger partial charge in [-0.1, -0.05) is 13.0 Å². The van der Waals surface area contributed by atoms with Crippen LogP contribution < -0.4 is 5.32 Å². The fraction of sp³-hybridized carbons (Fsp3) is 0.500. The Hall–Kier alpha value is -1.00. The van der Waals surface area contributed by atoms with E-state index in [9.17, 15) is 8.78 Å². The van der Waals surface area contributed by atoms with Crippen LogP contribution >= 0.6 is 0 Å². The second-order valence-electron chi connectivity index (χ2n) is 4.00. The zero-order chi connectivity index (χ0) is 11.5. The SMILES string of the molecule is CCC1COC(c2ccc(F)cc2F)CN1. The van der Waals surface area contributed by atoms with E-state index in [1.165, 1.54) is 12.1 Å². The Kier molecular flexibility index (Phi) is 3.51. The van der Waals surface area contributed by atoms with Crippen molar-refractivity contribution in [2.75, 3.05) is 13.2 Å². The van der Waals surface area contributed by atoms with Crippen LogP contribution in [0.2, 0.25) is 0 Å². The molecule has 88 valence electrons. The third kappa shape index (κ3) is 2.39. The molecule has 2 unspecified atom stereocenters. The van der Waals surface area contributed by atoms with Crippen LogP contribution in [0.25, 0.3) is 0 Å². The zero-order valence-corrected chi connectivity index (χ0v) is 9.17. The van der Waals surface area contributed by atoms with Crippen molar-refractivity contribution in [2.24, 2.45) is 0 Å². The molecule has 2 rings (SSSR count).